The molecule has 0 fully saturated rings. The first kappa shape index (κ1) is 32.7. The van der Waals surface area contributed by atoms with Gasteiger partial charge in [-0.25, -0.2) is 0 Å². The van der Waals surface area contributed by atoms with Crippen LogP contribution >= 0.6 is 0 Å². The number of methoxy groups -OCH3 is 1. The van der Waals surface area contributed by atoms with Gasteiger partial charge in [-0.05, 0) is 47.2 Å². The summed E-state index contributed by atoms with van der Waals surface area (Å²) < 4.78 is 71.2. The molecule has 0 radical (unpaired) electrons. The van der Waals surface area contributed by atoms with E-state index in [1.54, 1.807) is 44.2 Å². The first-order chi connectivity index (χ1) is 17.7. The van der Waals surface area contributed by atoms with Crippen molar-refractivity contribution >= 4 is 21.9 Å². The van der Waals surface area contributed by atoms with Gasteiger partial charge in [-0.15, -0.1) is 0 Å². The smallest absolute Gasteiger partial charge is 0.469 e. The molecule has 0 aliphatic heterocycles. The minimum Gasteiger partial charge on any atom is -0.469 e. The molecule has 0 aromatic heterocycles. The number of ether oxygens (including phenoxy) is 1. The van der Waals surface area contributed by atoms with Gasteiger partial charge in [0.2, 0.25) is 0 Å². The fraction of sp³-hybridized carbons (Fsp3) is 0.429. The summed E-state index contributed by atoms with van der Waals surface area (Å²) in [6, 6.07) is 9.27. The summed E-state index contributed by atoms with van der Waals surface area (Å²) in [6.07, 6.45) is 0.570. The molecule has 208 valence electrons. The van der Waals surface area contributed by atoms with Crippen LogP contribution in [0.1, 0.15) is 87.0 Å². The van der Waals surface area contributed by atoms with Crippen molar-refractivity contribution in [1.29, 1.82) is 0 Å². The molecule has 0 atom stereocenters. The van der Waals surface area contributed by atoms with Crippen molar-refractivity contribution in [3.05, 3.63) is 64.2 Å². The molecule has 6 nitrogen and oxygen atoms in total. The van der Waals surface area contributed by atoms with E-state index in [4.69, 9.17) is 0 Å². The summed E-state index contributed by atoms with van der Waals surface area (Å²) in [7, 11) is -4.70. The number of rotatable bonds is 4. The summed E-state index contributed by atoms with van der Waals surface area (Å²) in [5.41, 5.74) is -4.63. The molecular formula is C28H33F3O6S. The molecule has 10 heteroatoms. The molecule has 0 amide bonds. The number of alkyl halides is 3. The standard InChI is InChI=1S/C24H21F3O6S.2C2H6/c1-23(2)11-10-19(28)22-18(23)12-17(13-20(22)33-34(30,31)24(25,26)27)9-6-15-4-7-16(8-5-15)14-21(29)32-3;2*1-2/h4-5,7-8,12-13H,10-11,14H2,1-3H3;2*1-2H3. The zero-order chi connectivity index (χ0) is 29.3. The lowest BCUT2D eigenvalue weighted by atomic mass is 9.71. The molecule has 0 bridgehead atoms. The van der Waals surface area contributed by atoms with Crippen LogP contribution in [-0.2, 0) is 31.5 Å². The Kier molecular flexibility index (Phi) is 11.6. The lowest BCUT2D eigenvalue weighted by Crippen LogP contribution is -2.31. The summed E-state index contributed by atoms with van der Waals surface area (Å²) in [6.45, 7) is 11.6. The lowest BCUT2D eigenvalue weighted by Gasteiger charge is -2.32. The predicted octanol–water partition coefficient (Wildman–Crippen LogP) is 6.34. The Morgan fingerprint density at radius 1 is 1.00 bits per heavy atom. The number of fused-ring (bicyclic) bond motifs is 1. The average Bonchev–Trinajstić information content (AvgIpc) is 2.87. The highest BCUT2D eigenvalue weighted by molar-refractivity contribution is 7.88. The number of carbonyl (C=O) groups is 2. The number of hydrogen-bond acceptors (Lipinski definition) is 6. The largest absolute Gasteiger partial charge is 0.534 e. The Morgan fingerprint density at radius 2 is 1.55 bits per heavy atom. The number of hydrogen-bond donors (Lipinski definition) is 0. The highest BCUT2D eigenvalue weighted by Crippen LogP contribution is 2.42. The maximum absolute atomic E-state index is 12.9. The molecule has 0 spiro atoms. The third-order valence-corrected chi connectivity index (χ3v) is 6.42. The van der Waals surface area contributed by atoms with Gasteiger partial charge in [-0.2, -0.15) is 21.6 Å². The van der Waals surface area contributed by atoms with Crippen LogP contribution in [0.4, 0.5) is 13.2 Å². The van der Waals surface area contributed by atoms with E-state index in [-0.39, 0.29) is 24.0 Å². The second-order valence-corrected chi connectivity index (χ2v) is 9.92. The topological polar surface area (TPSA) is 86.7 Å². The Bertz CT molecular complexity index is 1300. The van der Waals surface area contributed by atoms with E-state index in [1.807, 2.05) is 27.7 Å². The fourth-order valence-corrected chi connectivity index (χ4v) is 3.98. The van der Waals surface area contributed by atoms with Crippen molar-refractivity contribution < 1.29 is 40.1 Å². The number of halogens is 3. The van der Waals surface area contributed by atoms with Crippen molar-refractivity contribution in [3.63, 3.8) is 0 Å². The highest BCUT2D eigenvalue weighted by Gasteiger charge is 2.49. The van der Waals surface area contributed by atoms with Gasteiger partial charge in [-0.3, -0.25) is 9.59 Å². The van der Waals surface area contributed by atoms with Crippen LogP contribution in [0.15, 0.2) is 36.4 Å². The third-order valence-electron chi connectivity index (χ3n) is 5.45. The van der Waals surface area contributed by atoms with Crippen molar-refractivity contribution in [3.8, 4) is 17.6 Å². The van der Waals surface area contributed by atoms with E-state index in [0.717, 1.165) is 6.07 Å². The molecular weight excluding hydrogens is 521 g/mol. The van der Waals surface area contributed by atoms with Gasteiger partial charge in [0.05, 0.1) is 19.1 Å². The van der Waals surface area contributed by atoms with E-state index >= 15 is 0 Å². The van der Waals surface area contributed by atoms with Gasteiger partial charge < -0.3 is 8.92 Å². The van der Waals surface area contributed by atoms with Gasteiger partial charge >= 0.3 is 21.6 Å². The molecule has 2 aromatic rings. The Labute approximate surface area is 222 Å². The maximum atomic E-state index is 12.9. The van der Waals surface area contributed by atoms with Crippen LogP contribution in [0.5, 0.6) is 5.75 Å². The molecule has 3 rings (SSSR count). The summed E-state index contributed by atoms with van der Waals surface area (Å²) in [5, 5.41) is 0. The molecule has 1 aliphatic rings. The predicted molar refractivity (Wildman–Crippen MR) is 139 cm³/mol. The van der Waals surface area contributed by atoms with Gasteiger partial charge in [0.1, 0.15) is 0 Å². The van der Waals surface area contributed by atoms with Crippen LogP contribution in [0.3, 0.4) is 0 Å². The molecule has 0 unspecified atom stereocenters. The fourth-order valence-electron chi connectivity index (χ4n) is 3.51. The average molecular weight is 555 g/mol. The van der Waals surface area contributed by atoms with E-state index in [0.29, 0.717) is 23.1 Å². The molecule has 38 heavy (non-hydrogen) atoms. The molecule has 0 heterocycles. The second-order valence-electron chi connectivity index (χ2n) is 8.39. The minimum atomic E-state index is -5.98. The van der Waals surface area contributed by atoms with Gasteiger partial charge in [0.15, 0.2) is 11.5 Å². The Balaban J connectivity index is 0.00000172. The third kappa shape index (κ3) is 8.09. The van der Waals surface area contributed by atoms with Gasteiger partial charge in [-0.1, -0.05) is 65.5 Å². The minimum absolute atomic E-state index is 0.0470. The normalized spacial score (nSPS) is 13.8. The van der Waals surface area contributed by atoms with Crippen LogP contribution in [-0.4, -0.2) is 32.8 Å². The van der Waals surface area contributed by atoms with Gasteiger partial charge in [0.25, 0.3) is 0 Å². The Morgan fingerprint density at radius 3 is 2.08 bits per heavy atom. The summed E-state index contributed by atoms with van der Waals surface area (Å²) >= 11 is 0. The van der Waals surface area contributed by atoms with Crippen LogP contribution < -0.4 is 4.18 Å². The first-order valence-electron chi connectivity index (χ1n) is 12.1. The summed E-state index contributed by atoms with van der Waals surface area (Å²) in [5.74, 6) is 4.05. The second kappa shape index (κ2) is 13.5. The SMILES string of the molecule is CC.CC.COC(=O)Cc1ccc(C#Cc2cc(OS(=O)(=O)C(F)(F)F)c3c(c2)C(C)(C)CCC3=O)cc1. The molecule has 0 saturated carbocycles. The van der Waals surface area contributed by atoms with Gasteiger partial charge in [0, 0.05) is 17.5 Å². The maximum Gasteiger partial charge on any atom is 0.534 e. The Hall–Kier alpha value is -3.32. The molecule has 2 aromatic carbocycles. The number of Topliss-reactive ketones (excluding diaryl/α,β-unsaturated/α-hetero) is 1. The van der Waals surface area contributed by atoms with Crippen molar-refractivity contribution in [1.82, 2.24) is 0 Å². The van der Waals surface area contributed by atoms with Crippen molar-refractivity contribution in [2.24, 2.45) is 0 Å². The van der Waals surface area contributed by atoms with E-state index in [1.165, 1.54) is 7.11 Å². The van der Waals surface area contributed by atoms with E-state index in [2.05, 4.69) is 20.8 Å². The van der Waals surface area contributed by atoms with Crippen molar-refractivity contribution in [2.75, 3.05) is 7.11 Å². The monoisotopic (exact) mass is 554 g/mol. The number of ketones is 1. The lowest BCUT2D eigenvalue weighted by molar-refractivity contribution is -0.139. The molecule has 1 aliphatic carbocycles. The van der Waals surface area contributed by atoms with Crippen LogP contribution in [0, 0.1) is 11.8 Å². The first-order valence-corrected chi connectivity index (χ1v) is 13.5. The highest BCUT2D eigenvalue weighted by atomic mass is 32.2. The van der Waals surface area contributed by atoms with E-state index in [9.17, 15) is 31.2 Å². The zero-order valence-corrected chi connectivity index (χ0v) is 23.4. The van der Waals surface area contributed by atoms with Crippen molar-refractivity contribution in [2.45, 2.75) is 71.7 Å². The van der Waals surface area contributed by atoms with Crippen LogP contribution in [0.2, 0.25) is 0 Å². The zero-order valence-electron chi connectivity index (χ0n) is 22.6. The summed E-state index contributed by atoms with van der Waals surface area (Å²) in [4.78, 5) is 23.9. The van der Waals surface area contributed by atoms with Crippen LogP contribution in [0.25, 0.3) is 0 Å². The number of esters is 1. The number of benzene rings is 2. The van der Waals surface area contributed by atoms with E-state index < -0.39 is 38.5 Å². The molecule has 0 N–H and O–H groups in total. The number of carbonyl (C=O) groups excluding carboxylic acids is 2. The molecule has 0 saturated heterocycles. The quantitative estimate of drug-likeness (QED) is 0.190.